The number of ether oxygens (including phenoxy) is 1. The van der Waals surface area contributed by atoms with Crippen molar-refractivity contribution < 1.29 is 9.84 Å². The van der Waals surface area contributed by atoms with Crippen molar-refractivity contribution in [1.82, 2.24) is 0 Å². The van der Waals surface area contributed by atoms with E-state index in [4.69, 9.17) is 10.5 Å². The molecule has 102 valence electrons. The second-order valence-corrected chi connectivity index (χ2v) is 6.07. The molecule has 0 spiro atoms. The molecule has 3 N–H and O–H groups in total. The van der Waals surface area contributed by atoms with Gasteiger partial charge in [0, 0.05) is 6.04 Å². The van der Waals surface area contributed by atoms with E-state index >= 15 is 0 Å². The molecule has 1 aliphatic carbocycles. The molecule has 0 radical (unpaired) electrons. The van der Waals surface area contributed by atoms with E-state index in [0.717, 1.165) is 18.8 Å². The van der Waals surface area contributed by atoms with Crippen LogP contribution in [0.3, 0.4) is 0 Å². The second kappa shape index (κ2) is 6.72. The minimum atomic E-state index is -0.208. The molecule has 0 amide bonds. The van der Waals surface area contributed by atoms with Crippen molar-refractivity contribution in [3.8, 4) is 0 Å². The smallest absolute Gasteiger partial charge is 0.0962 e. The maximum atomic E-state index is 9.39. The summed E-state index contributed by atoms with van der Waals surface area (Å²) in [6.45, 7) is 8.77. The van der Waals surface area contributed by atoms with Gasteiger partial charge in [-0.2, -0.15) is 0 Å². The molecule has 1 aliphatic rings. The van der Waals surface area contributed by atoms with Gasteiger partial charge in [0.05, 0.1) is 18.8 Å². The molecule has 1 rings (SSSR count). The van der Waals surface area contributed by atoms with Crippen LogP contribution in [-0.2, 0) is 4.74 Å². The van der Waals surface area contributed by atoms with Gasteiger partial charge in [-0.05, 0) is 37.0 Å². The van der Waals surface area contributed by atoms with E-state index in [-0.39, 0.29) is 24.9 Å². The zero-order valence-corrected chi connectivity index (χ0v) is 11.7. The number of nitrogens with two attached hydrogens (primary N) is 1. The Kier molecular flexibility index (Phi) is 5.90. The number of rotatable bonds is 5. The SMILES string of the molecule is CC(C)C(N)C(CO)OC1CCC(C)C(C)C1. The van der Waals surface area contributed by atoms with Crippen LogP contribution in [0.4, 0.5) is 0 Å². The van der Waals surface area contributed by atoms with E-state index in [1.807, 2.05) is 0 Å². The Hall–Kier alpha value is -0.120. The average Bonchev–Trinajstić information content (AvgIpc) is 2.29. The predicted molar refractivity (Wildman–Crippen MR) is 70.7 cm³/mol. The standard InChI is InChI=1S/C14H29NO2/c1-9(2)14(15)13(8-16)17-12-6-5-10(3)11(4)7-12/h9-14,16H,5-8,15H2,1-4H3. The summed E-state index contributed by atoms with van der Waals surface area (Å²) < 4.78 is 6.01. The molecule has 0 aliphatic heterocycles. The van der Waals surface area contributed by atoms with Crippen LogP contribution in [0, 0.1) is 17.8 Å². The first-order valence-corrected chi connectivity index (χ1v) is 6.97. The topological polar surface area (TPSA) is 55.5 Å². The van der Waals surface area contributed by atoms with Gasteiger partial charge in [0.1, 0.15) is 0 Å². The number of hydrogen-bond acceptors (Lipinski definition) is 3. The van der Waals surface area contributed by atoms with Crippen LogP contribution in [0.25, 0.3) is 0 Å². The van der Waals surface area contributed by atoms with E-state index in [2.05, 4.69) is 27.7 Å². The van der Waals surface area contributed by atoms with Gasteiger partial charge in [-0.15, -0.1) is 0 Å². The van der Waals surface area contributed by atoms with E-state index in [1.54, 1.807) is 0 Å². The average molecular weight is 243 g/mol. The summed E-state index contributed by atoms with van der Waals surface area (Å²) in [5.41, 5.74) is 6.07. The molecule has 1 saturated carbocycles. The quantitative estimate of drug-likeness (QED) is 0.778. The Morgan fingerprint density at radius 3 is 2.35 bits per heavy atom. The van der Waals surface area contributed by atoms with E-state index in [1.165, 1.54) is 6.42 Å². The summed E-state index contributed by atoms with van der Waals surface area (Å²) in [5, 5.41) is 9.39. The van der Waals surface area contributed by atoms with Crippen molar-refractivity contribution in [2.45, 2.75) is 65.2 Å². The first kappa shape index (κ1) is 14.9. The van der Waals surface area contributed by atoms with Crippen LogP contribution in [0.5, 0.6) is 0 Å². The van der Waals surface area contributed by atoms with Crippen LogP contribution in [0.2, 0.25) is 0 Å². The Morgan fingerprint density at radius 1 is 1.24 bits per heavy atom. The van der Waals surface area contributed by atoms with Gasteiger partial charge < -0.3 is 15.6 Å². The molecular weight excluding hydrogens is 214 g/mol. The highest BCUT2D eigenvalue weighted by atomic mass is 16.5. The van der Waals surface area contributed by atoms with Crippen LogP contribution in [-0.4, -0.2) is 30.0 Å². The molecular formula is C14H29NO2. The lowest BCUT2D eigenvalue weighted by Crippen LogP contribution is -2.45. The van der Waals surface area contributed by atoms with E-state index in [0.29, 0.717) is 11.8 Å². The Balaban J connectivity index is 2.46. The highest BCUT2D eigenvalue weighted by Crippen LogP contribution is 2.31. The van der Waals surface area contributed by atoms with Crippen molar-refractivity contribution in [3.05, 3.63) is 0 Å². The normalized spacial score (nSPS) is 33.7. The number of aliphatic hydroxyl groups is 1. The van der Waals surface area contributed by atoms with Crippen molar-refractivity contribution in [3.63, 3.8) is 0 Å². The van der Waals surface area contributed by atoms with Gasteiger partial charge >= 0.3 is 0 Å². The van der Waals surface area contributed by atoms with Crippen molar-refractivity contribution >= 4 is 0 Å². The van der Waals surface area contributed by atoms with Gasteiger partial charge in [0.25, 0.3) is 0 Å². The maximum absolute atomic E-state index is 9.39. The molecule has 0 aromatic carbocycles. The lowest BCUT2D eigenvalue weighted by molar-refractivity contribution is -0.0815. The van der Waals surface area contributed by atoms with Gasteiger partial charge in [0.15, 0.2) is 0 Å². The fourth-order valence-electron chi connectivity index (χ4n) is 2.55. The summed E-state index contributed by atoms with van der Waals surface area (Å²) >= 11 is 0. The monoisotopic (exact) mass is 243 g/mol. The maximum Gasteiger partial charge on any atom is 0.0962 e. The molecule has 1 fully saturated rings. The zero-order chi connectivity index (χ0) is 13.0. The highest BCUT2D eigenvalue weighted by Gasteiger charge is 2.29. The van der Waals surface area contributed by atoms with Gasteiger partial charge in [-0.3, -0.25) is 0 Å². The fourth-order valence-corrected chi connectivity index (χ4v) is 2.55. The van der Waals surface area contributed by atoms with Crippen LogP contribution >= 0.6 is 0 Å². The molecule has 0 heterocycles. The van der Waals surface area contributed by atoms with Gasteiger partial charge in [0.2, 0.25) is 0 Å². The van der Waals surface area contributed by atoms with Crippen LogP contribution < -0.4 is 5.73 Å². The lowest BCUT2D eigenvalue weighted by Gasteiger charge is -2.36. The summed E-state index contributed by atoms with van der Waals surface area (Å²) in [5.74, 6) is 1.84. The Morgan fingerprint density at radius 2 is 1.88 bits per heavy atom. The van der Waals surface area contributed by atoms with Crippen molar-refractivity contribution in [2.75, 3.05) is 6.61 Å². The van der Waals surface area contributed by atoms with Crippen LogP contribution in [0.15, 0.2) is 0 Å². The zero-order valence-electron chi connectivity index (χ0n) is 11.7. The van der Waals surface area contributed by atoms with Gasteiger partial charge in [-0.25, -0.2) is 0 Å². The molecule has 0 saturated heterocycles. The molecule has 3 nitrogen and oxygen atoms in total. The highest BCUT2D eigenvalue weighted by molar-refractivity contribution is 4.81. The molecule has 0 aromatic heterocycles. The van der Waals surface area contributed by atoms with Crippen molar-refractivity contribution in [1.29, 1.82) is 0 Å². The van der Waals surface area contributed by atoms with Crippen molar-refractivity contribution in [2.24, 2.45) is 23.5 Å². The van der Waals surface area contributed by atoms with Gasteiger partial charge in [-0.1, -0.05) is 27.7 Å². The summed E-state index contributed by atoms with van der Waals surface area (Å²) in [6, 6.07) is -0.0744. The largest absolute Gasteiger partial charge is 0.394 e. The minimum Gasteiger partial charge on any atom is -0.394 e. The summed E-state index contributed by atoms with van der Waals surface area (Å²) in [6.07, 6.45) is 3.50. The first-order valence-electron chi connectivity index (χ1n) is 6.97. The molecule has 5 unspecified atom stereocenters. The lowest BCUT2D eigenvalue weighted by atomic mass is 9.80. The fraction of sp³-hybridized carbons (Fsp3) is 1.00. The third-order valence-electron chi connectivity index (χ3n) is 4.30. The van der Waals surface area contributed by atoms with E-state index < -0.39 is 0 Å². The number of hydrogen-bond donors (Lipinski definition) is 2. The van der Waals surface area contributed by atoms with Crippen LogP contribution in [0.1, 0.15) is 47.0 Å². The first-order chi connectivity index (χ1) is 7.95. The Bertz CT molecular complexity index is 220. The predicted octanol–water partition coefficient (Wildman–Crippen LogP) is 2.17. The van der Waals surface area contributed by atoms with E-state index in [9.17, 15) is 5.11 Å². The third kappa shape index (κ3) is 4.23. The molecule has 17 heavy (non-hydrogen) atoms. The minimum absolute atomic E-state index is 0.0276. The number of aliphatic hydroxyl groups excluding tert-OH is 1. The summed E-state index contributed by atoms with van der Waals surface area (Å²) in [7, 11) is 0. The molecule has 5 atom stereocenters. The third-order valence-corrected chi connectivity index (χ3v) is 4.30. The Labute approximate surface area is 106 Å². The molecule has 0 aromatic rings. The second-order valence-electron chi connectivity index (χ2n) is 6.07. The molecule has 3 heteroatoms. The summed E-state index contributed by atoms with van der Waals surface area (Å²) in [4.78, 5) is 0. The molecule has 0 bridgehead atoms.